The lowest BCUT2D eigenvalue weighted by atomic mass is 10.2. The highest BCUT2D eigenvalue weighted by molar-refractivity contribution is 8.00. The molecule has 1 aromatic heterocycles. The van der Waals surface area contributed by atoms with Gasteiger partial charge in [-0.05, 0) is 48.5 Å². The summed E-state index contributed by atoms with van der Waals surface area (Å²) in [6, 6.07) is 30.4. The topological polar surface area (TPSA) is 64.0 Å². The van der Waals surface area contributed by atoms with Gasteiger partial charge in [-0.1, -0.05) is 78.1 Å². The molecule has 0 aliphatic rings. The van der Waals surface area contributed by atoms with Crippen LogP contribution in [0.3, 0.4) is 0 Å². The van der Waals surface area contributed by atoms with Crippen LogP contribution in [-0.2, 0) is 4.79 Å². The van der Waals surface area contributed by atoms with Gasteiger partial charge in [0.1, 0.15) is 5.82 Å². The van der Waals surface area contributed by atoms with Crippen molar-refractivity contribution in [2.45, 2.75) is 14.9 Å². The summed E-state index contributed by atoms with van der Waals surface area (Å²) >= 11 is 2.64. The maximum absolute atomic E-state index is 14.7. The lowest BCUT2D eigenvalue weighted by Gasteiger charge is -2.14. The largest absolute Gasteiger partial charge is 0.324 e. The number of nitrogens with one attached hydrogen (secondary N) is 1. The normalized spacial score (nSPS) is 10.9. The van der Waals surface area contributed by atoms with Gasteiger partial charge in [-0.25, -0.2) is 9.37 Å². The average Bonchev–Trinajstić information content (AvgIpc) is 2.90. The molecule has 1 amide bonds. The molecule has 1 N–H and O–H groups in total. The van der Waals surface area contributed by atoms with Gasteiger partial charge in [0.2, 0.25) is 5.91 Å². The van der Waals surface area contributed by atoms with E-state index in [2.05, 4.69) is 10.3 Å². The number of thioether (sulfide) groups is 1. The van der Waals surface area contributed by atoms with Crippen molar-refractivity contribution in [3.8, 4) is 5.69 Å². The van der Waals surface area contributed by atoms with Crippen molar-refractivity contribution in [1.29, 1.82) is 0 Å². The molecule has 0 spiro atoms. The molecular formula is C28H20FN3O2S2. The number of amides is 1. The van der Waals surface area contributed by atoms with Gasteiger partial charge < -0.3 is 5.32 Å². The number of carbonyl (C=O) groups is 1. The third kappa shape index (κ3) is 5.19. The Hall–Kier alpha value is -3.88. The SMILES string of the molecule is O=C(CSc1nc2ccccc2c(=O)n1-c1ccccc1F)Nc1ccccc1Sc1ccccc1. The quantitative estimate of drug-likeness (QED) is 0.201. The number of carbonyl (C=O) groups excluding carboxylic acids is 1. The van der Waals surface area contributed by atoms with E-state index in [4.69, 9.17) is 0 Å². The lowest BCUT2D eigenvalue weighted by molar-refractivity contribution is -0.113. The Morgan fingerprint density at radius 2 is 1.56 bits per heavy atom. The number of hydrogen-bond donors (Lipinski definition) is 1. The minimum atomic E-state index is -0.546. The van der Waals surface area contributed by atoms with E-state index in [0.29, 0.717) is 16.6 Å². The Morgan fingerprint density at radius 1 is 0.861 bits per heavy atom. The lowest BCUT2D eigenvalue weighted by Crippen LogP contribution is -2.23. The second-order valence-corrected chi connectivity index (χ2v) is 9.81. The molecule has 0 aliphatic heterocycles. The first-order valence-electron chi connectivity index (χ1n) is 11.1. The predicted molar refractivity (Wildman–Crippen MR) is 144 cm³/mol. The molecule has 0 bridgehead atoms. The molecule has 0 atom stereocenters. The Bertz CT molecular complexity index is 1610. The molecule has 0 unspecified atom stereocenters. The van der Waals surface area contributed by atoms with Crippen LogP contribution in [0.25, 0.3) is 16.6 Å². The molecule has 1 heterocycles. The molecule has 4 aromatic carbocycles. The Balaban J connectivity index is 1.41. The summed E-state index contributed by atoms with van der Waals surface area (Å²) in [6.07, 6.45) is 0. The summed E-state index contributed by atoms with van der Waals surface area (Å²) in [6.45, 7) is 0. The fraction of sp³-hybridized carbons (Fsp3) is 0.0357. The van der Waals surface area contributed by atoms with E-state index in [9.17, 15) is 14.0 Å². The van der Waals surface area contributed by atoms with E-state index in [1.807, 2.05) is 54.6 Å². The molecule has 0 radical (unpaired) electrons. The van der Waals surface area contributed by atoms with Crippen LogP contribution < -0.4 is 10.9 Å². The minimum absolute atomic E-state index is 0.0103. The van der Waals surface area contributed by atoms with E-state index < -0.39 is 11.4 Å². The minimum Gasteiger partial charge on any atom is -0.324 e. The number of aromatic nitrogens is 2. The second kappa shape index (κ2) is 10.8. The van der Waals surface area contributed by atoms with E-state index in [-0.39, 0.29) is 22.5 Å². The van der Waals surface area contributed by atoms with Crippen molar-refractivity contribution in [2.24, 2.45) is 0 Å². The zero-order valence-corrected chi connectivity index (χ0v) is 20.6. The van der Waals surface area contributed by atoms with Gasteiger partial charge in [0, 0.05) is 9.79 Å². The first-order valence-corrected chi connectivity index (χ1v) is 12.9. The molecule has 5 rings (SSSR count). The number of nitrogens with zero attached hydrogens (tertiary/aromatic N) is 2. The predicted octanol–water partition coefficient (Wildman–Crippen LogP) is 6.41. The molecule has 178 valence electrons. The summed E-state index contributed by atoms with van der Waals surface area (Å²) < 4.78 is 15.9. The monoisotopic (exact) mass is 513 g/mol. The van der Waals surface area contributed by atoms with E-state index in [0.717, 1.165) is 21.6 Å². The van der Waals surface area contributed by atoms with Crippen LogP contribution in [0.1, 0.15) is 0 Å². The smallest absolute Gasteiger partial charge is 0.266 e. The summed E-state index contributed by atoms with van der Waals surface area (Å²) in [5, 5.41) is 3.57. The van der Waals surface area contributed by atoms with Gasteiger partial charge in [0.25, 0.3) is 5.56 Å². The Labute approximate surface area is 215 Å². The number of para-hydroxylation sites is 3. The van der Waals surface area contributed by atoms with Crippen LogP contribution >= 0.6 is 23.5 Å². The highest BCUT2D eigenvalue weighted by Crippen LogP contribution is 2.33. The Kier molecular flexibility index (Phi) is 7.16. The van der Waals surface area contributed by atoms with Gasteiger partial charge in [0.05, 0.1) is 28.0 Å². The van der Waals surface area contributed by atoms with Crippen molar-refractivity contribution in [3.63, 3.8) is 0 Å². The average molecular weight is 514 g/mol. The molecule has 0 saturated carbocycles. The standard InChI is InChI=1S/C28H20FN3O2S2/c29-21-13-5-8-16-24(21)32-27(34)20-12-4-6-14-22(20)31-28(32)35-18-26(33)30-23-15-7-9-17-25(23)36-19-10-2-1-3-11-19/h1-17H,18H2,(H,30,33). The van der Waals surface area contributed by atoms with E-state index in [1.54, 1.807) is 48.2 Å². The molecule has 5 nitrogen and oxygen atoms in total. The van der Waals surface area contributed by atoms with Gasteiger partial charge >= 0.3 is 0 Å². The molecule has 5 aromatic rings. The zero-order valence-electron chi connectivity index (χ0n) is 18.9. The van der Waals surface area contributed by atoms with Gasteiger partial charge in [0.15, 0.2) is 5.16 Å². The zero-order chi connectivity index (χ0) is 24.9. The third-order valence-corrected chi connectivity index (χ3v) is 7.33. The summed E-state index contributed by atoms with van der Waals surface area (Å²) in [4.78, 5) is 32.8. The maximum atomic E-state index is 14.7. The molecule has 0 aliphatic carbocycles. The molecule has 0 saturated heterocycles. The fourth-order valence-corrected chi connectivity index (χ4v) is 5.37. The van der Waals surface area contributed by atoms with Crippen LogP contribution in [0, 0.1) is 5.82 Å². The highest BCUT2D eigenvalue weighted by Gasteiger charge is 2.17. The highest BCUT2D eigenvalue weighted by atomic mass is 32.2. The summed E-state index contributed by atoms with van der Waals surface area (Å²) in [7, 11) is 0. The van der Waals surface area contributed by atoms with Crippen LogP contribution in [-0.4, -0.2) is 21.2 Å². The van der Waals surface area contributed by atoms with Crippen LogP contribution in [0.5, 0.6) is 0 Å². The van der Waals surface area contributed by atoms with Crippen molar-refractivity contribution in [2.75, 3.05) is 11.1 Å². The summed E-state index contributed by atoms with van der Waals surface area (Å²) in [5.41, 5.74) is 0.879. The number of halogens is 1. The maximum Gasteiger partial charge on any atom is 0.266 e. The van der Waals surface area contributed by atoms with Crippen LogP contribution in [0.4, 0.5) is 10.1 Å². The van der Waals surface area contributed by atoms with Crippen LogP contribution in [0.15, 0.2) is 123 Å². The van der Waals surface area contributed by atoms with Gasteiger partial charge in [-0.15, -0.1) is 0 Å². The van der Waals surface area contributed by atoms with E-state index in [1.165, 1.54) is 16.7 Å². The summed E-state index contributed by atoms with van der Waals surface area (Å²) in [5.74, 6) is -0.817. The fourth-order valence-electron chi connectivity index (χ4n) is 3.65. The molecular weight excluding hydrogens is 493 g/mol. The number of fused-ring (bicyclic) bond motifs is 1. The van der Waals surface area contributed by atoms with Crippen molar-refractivity contribution in [1.82, 2.24) is 9.55 Å². The third-order valence-electron chi connectivity index (χ3n) is 5.30. The molecule has 8 heteroatoms. The van der Waals surface area contributed by atoms with Crippen molar-refractivity contribution < 1.29 is 9.18 Å². The van der Waals surface area contributed by atoms with Crippen molar-refractivity contribution in [3.05, 3.63) is 119 Å². The van der Waals surface area contributed by atoms with Gasteiger partial charge in [-0.3, -0.25) is 14.2 Å². The first kappa shape index (κ1) is 23.8. The second-order valence-electron chi connectivity index (χ2n) is 7.75. The number of hydrogen-bond acceptors (Lipinski definition) is 5. The van der Waals surface area contributed by atoms with Crippen molar-refractivity contribution >= 4 is 46.0 Å². The number of benzene rings is 4. The van der Waals surface area contributed by atoms with Gasteiger partial charge in [-0.2, -0.15) is 0 Å². The Morgan fingerprint density at radius 3 is 2.39 bits per heavy atom. The molecule has 36 heavy (non-hydrogen) atoms. The molecule has 0 fully saturated rings. The number of anilines is 1. The number of rotatable bonds is 7. The van der Waals surface area contributed by atoms with E-state index >= 15 is 0 Å². The van der Waals surface area contributed by atoms with Crippen LogP contribution in [0.2, 0.25) is 0 Å². The first-order chi connectivity index (χ1) is 17.6.